The van der Waals surface area contributed by atoms with E-state index >= 15 is 0 Å². The van der Waals surface area contributed by atoms with Crippen LogP contribution in [0.2, 0.25) is 0 Å². The zero-order valence-electron chi connectivity index (χ0n) is 33.3. The van der Waals surface area contributed by atoms with Gasteiger partial charge >= 0.3 is 0 Å². The third-order valence-electron chi connectivity index (χ3n) is 12.4. The van der Waals surface area contributed by atoms with Gasteiger partial charge in [-0.15, -0.1) is 0 Å². The average Bonchev–Trinajstić information content (AvgIpc) is 3.90. The Hall–Kier alpha value is -8.41. The number of furan rings is 1. The molecule has 288 valence electrons. The first-order valence-corrected chi connectivity index (χ1v) is 20.9. The summed E-state index contributed by atoms with van der Waals surface area (Å²) >= 11 is 0. The summed E-state index contributed by atoms with van der Waals surface area (Å²) in [6.45, 7) is 0. The minimum atomic E-state index is 0.551. The quantitative estimate of drug-likeness (QED) is 0.174. The van der Waals surface area contributed by atoms with Crippen molar-refractivity contribution in [3.63, 3.8) is 0 Å². The molecule has 0 aliphatic heterocycles. The summed E-state index contributed by atoms with van der Waals surface area (Å²) < 4.78 is 8.75. The van der Waals surface area contributed by atoms with Gasteiger partial charge in [0.25, 0.3) is 0 Å². The summed E-state index contributed by atoms with van der Waals surface area (Å²) in [6.07, 6.45) is 0. The SMILES string of the molecule is c1ccc(-c2ccc(-c3nc(-c4ccc5ccccc5c4)nc(-n4c5c(-c6ccc7oc8ccc9ccccc9c8c7c6)cccc5c5ccc6ccccc6c54)n3)cc2)cc1. The molecule has 5 heteroatoms. The third-order valence-corrected chi connectivity index (χ3v) is 12.4. The van der Waals surface area contributed by atoms with E-state index in [2.05, 4.69) is 205 Å². The van der Waals surface area contributed by atoms with Gasteiger partial charge in [0.2, 0.25) is 5.95 Å². The minimum Gasteiger partial charge on any atom is -0.456 e. The first-order valence-electron chi connectivity index (χ1n) is 20.9. The first kappa shape index (κ1) is 34.5. The van der Waals surface area contributed by atoms with Crippen molar-refractivity contribution in [3.05, 3.63) is 206 Å². The number of aromatic nitrogens is 4. The van der Waals surface area contributed by atoms with Gasteiger partial charge in [0.05, 0.1) is 11.0 Å². The molecule has 5 nitrogen and oxygen atoms in total. The average molecular weight is 791 g/mol. The second kappa shape index (κ2) is 13.6. The Bertz CT molecular complexity index is 3920. The van der Waals surface area contributed by atoms with Crippen LogP contribution < -0.4 is 0 Å². The molecular formula is C57H34N4O. The monoisotopic (exact) mass is 790 g/mol. The molecule has 62 heavy (non-hydrogen) atoms. The number of para-hydroxylation sites is 1. The Kier molecular flexibility index (Phi) is 7.54. The molecule has 0 aliphatic carbocycles. The molecule has 0 saturated carbocycles. The van der Waals surface area contributed by atoms with Crippen molar-refractivity contribution in [1.29, 1.82) is 0 Å². The lowest BCUT2D eigenvalue weighted by molar-refractivity contribution is 0.669. The topological polar surface area (TPSA) is 56.7 Å². The number of hydrogen-bond acceptors (Lipinski definition) is 4. The van der Waals surface area contributed by atoms with Crippen LogP contribution in [-0.4, -0.2) is 19.5 Å². The van der Waals surface area contributed by atoms with Gasteiger partial charge in [-0.1, -0.05) is 182 Å². The van der Waals surface area contributed by atoms with Gasteiger partial charge in [0.15, 0.2) is 11.6 Å². The molecule has 3 aromatic heterocycles. The van der Waals surface area contributed by atoms with Crippen LogP contribution in [0, 0.1) is 0 Å². The zero-order chi connectivity index (χ0) is 40.7. The Balaban J connectivity index is 1.11. The Labute approximate surface area is 355 Å². The smallest absolute Gasteiger partial charge is 0.238 e. The van der Waals surface area contributed by atoms with Crippen LogP contribution in [0.1, 0.15) is 0 Å². The molecule has 0 fully saturated rings. The number of hydrogen-bond donors (Lipinski definition) is 0. The van der Waals surface area contributed by atoms with Crippen molar-refractivity contribution >= 4 is 76.1 Å². The predicted octanol–water partition coefficient (Wildman–Crippen LogP) is 15.0. The second-order valence-electron chi connectivity index (χ2n) is 16.0. The molecule has 0 atom stereocenters. The Morgan fingerprint density at radius 1 is 0.323 bits per heavy atom. The fourth-order valence-corrected chi connectivity index (χ4v) is 9.47. The molecule has 0 N–H and O–H groups in total. The summed E-state index contributed by atoms with van der Waals surface area (Å²) in [5.41, 5.74) is 10.1. The van der Waals surface area contributed by atoms with Crippen molar-refractivity contribution in [2.24, 2.45) is 0 Å². The highest BCUT2D eigenvalue weighted by molar-refractivity contribution is 6.22. The van der Waals surface area contributed by atoms with E-state index in [0.717, 1.165) is 98.7 Å². The molecule has 0 saturated heterocycles. The molecule has 0 radical (unpaired) electrons. The van der Waals surface area contributed by atoms with Gasteiger partial charge in [-0.3, -0.25) is 4.57 Å². The summed E-state index contributed by atoms with van der Waals surface area (Å²) in [6, 6.07) is 72.8. The first-order chi connectivity index (χ1) is 30.7. The lowest BCUT2D eigenvalue weighted by Gasteiger charge is -2.14. The molecular weight excluding hydrogens is 757 g/mol. The van der Waals surface area contributed by atoms with Gasteiger partial charge in [-0.25, -0.2) is 4.98 Å². The highest BCUT2D eigenvalue weighted by Gasteiger charge is 2.23. The maximum Gasteiger partial charge on any atom is 0.238 e. The van der Waals surface area contributed by atoms with Crippen LogP contribution in [0.25, 0.3) is 127 Å². The van der Waals surface area contributed by atoms with Gasteiger partial charge in [-0.05, 0) is 67.9 Å². The summed E-state index contributed by atoms with van der Waals surface area (Å²) in [5.74, 6) is 1.76. The molecule has 10 aromatic carbocycles. The molecule has 0 amide bonds. The highest BCUT2D eigenvalue weighted by Crippen LogP contribution is 2.43. The minimum absolute atomic E-state index is 0.551. The predicted molar refractivity (Wildman–Crippen MR) is 256 cm³/mol. The third kappa shape index (κ3) is 5.38. The number of nitrogens with zero attached hydrogens (tertiary/aromatic N) is 4. The molecule has 13 rings (SSSR count). The second-order valence-corrected chi connectivity index (χ2v) is 16.0. The normalized spacial score (nSPS) is 11.9. The molecule has 0 unspecified atom stereocenters. The lowest BCUT2D eigenvalue weighted by Crippen LogP contribution is -2.07. The summed E-state index contributed by atoms with van der Waals surface area (Å²) in [7, 11) is 0. The largest absolute Gasteiger partial charge is 0.456 e. The van der Waals surface area contributed by atoms with E-state index in [9.17, 15) is 0 Å². The van der Waals surface area contributed by atoms with Crippen molar-refractivity contribution in [3.8, 4) is 51.0 Å². The van der Waals surface area contributed by atoms with E-state index in [0.29, 0.717) is 17.6 Å². The van der Waals surface area contributed by atoms with Gasteiger partial charge in [-0.2, -0.15) is 9.97 Å². The Morgan fingerprint density at radius 3 is 1.74 bits per heavy atom. The van der Waals surface area contributed by atoms with E-state index in [1.807, 2.05) is 6.07 Å². The summed E-state index contributed by atoms with van der Waals surface area (Å²) in [5, 5.41) is 11.4. The number of fused-ring (bicyclic) bond motifs is 11. The fraction of sp³-hybridized carbons (Fsp3) is 0. The van der Waals surface area contributed by atoms with E-state index < -0.39 is 0 Å². The number of benzene rings is 10. The standard InChI is InChI=1S/C57H34N4O/c1-2-11-35(12-3-1)37-21-24-40(25-22-37)55-58-56(43-26-23-36-13-4-5-16-41(36)33-43)60-57(59-55)61-53-45-18-9-7-15-39(45)27-30-48(53)47-20-10-19-46(54(47)61)42-29-31-50-49(34-42)52-44-17-8-6-14-38(44)28-32-51(52)62-50/h1-34H. The van der Waals surface area contributed by atoms with Crippen molar-refractivity contribution in [2.45, 2.75) is 0 Å². The summed E-state index contributed by atoms with van der Waals surface area (Å²) in [4.78, 5) is 16.1. The zero-order valence-corrected chi connectivity index (χ0v) is 33.3. The van der Waals surface area contributed by atoms with Gasteiger partial charge in [0, 0.05) is 43.6 Å². The van der Waals surface area contributed by atoms with Crippen LogP contribution in [0.15, 0.2) is 211 Å². The van der Waals surface area contributed by atoms with E-state index in [1.54, 1.807) is 0 Å². The lowest BCUT2D eigenvalue weighted by atomic mass is 9.98. The molecule has 0 bridgehead atoms. The van der Waals surface area contributed by atoms with Gasteiger partial charge < -0.3 is 4.42 Å². The van der Waals surface area contributed by atoms with Crippen LogP contribution in [-0.2, 0) is 0 Å². The Morgan fingerprint density at radius 2 is 0.903 bits per heavy atom. The van der Waals surface area contributed by atoms with Crippen molar-refractivity contribution < 1.29 is 4.42 Å². The van der Waals surface area contributed by atoms with Crippen LogP contribution in [0.3, 0.4) is 0 Å². The van der Waals surface area contributed by atoms with Crippen molar-refractivity contribution in [2.75, 3.05) is 0 Å². The number of rotatable bonds is 5. The van der Waals surface area contributed by atoms with Crippen LogP contribution in [0.5, 0.6) is 0 Å². The van der Waals surface area contributed by atoms with E-state index in [4.69, 9.17) is 19.4 Å². The van der Waals surface area contributed by atoms with E-state index in [1.165, 1.54) is 10.8 Å². The fourth-order valence-electron chi connectivity index (χ4n) is 9.47. The maximum absolute atomic E-state index is 6.47. The van der Waals surface area contributed by atoms with Crippen LogP contribution in [0.4, 0.5) is 0 Å². The van der Waals surface area contributed by atoms with Crippen molar-refractivity contribution in [1.82, 2.24) is 19.5 Å². The molecule has 13 aromatic rings. The maximum atomic E-state index is 6.47. The molecule has 0 spiro atoms. The highest BCUT2D eigenvalue weighted by atomic mass is 16.3. The van der Waals surface area contributed by atoms with E-state index in [-0.39, 0.29) is 0 Å². The molecule has 3 heterocycles. The molecule has 0 aliphatic rings. The van der Waals surface area contributed by atoms with Crippen LogP contribution >= 0.6 is 0 Å². The van der Waals surface area contributed by atoms with Gasteiger partial charge in [0.1, 0.15) is 11.2 Å².